The Morgan fingerprint density at radius 2 is 1.93 bits per heavy atom. The highest BCUT2D eigenvalue weighted by molar-refractivity contribution is 7.90. The van der Waals surface area contributed by atoms with E-state index in [0.717, 1.165) is 31.3 Å². The van der Waals surface area contributed by atoms with Gasteiger partial charge in [0, 0.05) is 29.7 Å². The summed E-state index contributed by atoms with van der Waals surface area (Å²) in [5.74, 6) is -0.113. The lowest BCUT2D eigenvalue weighted by atomic mass is 9.98. The Hall–Kier alpha value is -2.18. The van der Waals surface area contributed by atoms with E-state index in [1.165, 1.54) is 24.4 Å². The van der Waals surface area contributed by atoms with Crippen LogP contribution in [-0.4, -0.2) is 26.5 Å². The van der Waals surface area contributed by atoms with Gasteiger partial charge in [-0.3, -0.25) is 4.98 Å². The number of aromatic nitrogens is 1. The van der Waals surface area contributed by atoms with Crippen molar-refractivity contribution < 1.29 is 12.8 Å². The molecule has 0 atom stereocenters. The van der Waals surface area contributed by atoms with Crippen LogP contribution in [0.5, 0.6) is 0 Å². The molecule has 2 aromatic carbocycles. The normalized spacial score (nSPS) is 15.8. The first-order valence-electron chi connectivity index (χ1n) is 9.64. The summed E-state index contributed by atoms with van der Waals surface area (Å²) in [6, 6.07) is 11.0. The molecular formula is C22H22ClFN2O2S. The fourth-order valence-electron chi connectivity index (χ4n) is 3.84. The van der Waals surface area contributed by atoms with Crippen LogP contribution in [0.4, 0.5) is 10.1 Å². The molecule has 0 N–H and O–H groups in total. The third kappa shape index (κ3) is 4.23. The highest BCUT2D eigenvalue weighted by Gasteiger charge is 2.27. The number of hydrogen-bond donors (Lipinski definition) is 0. The largest absolute Gasteiger partial charge is 0.370 e. The molecule has 2 heterocycles. The predicted molar refractivity (Wildman–Crippen MR) is 115 cm³/mol. The molecule has 1 aliphatic rings. The van der Waals surface area contributed by atoms with E-state index in [1.54, 1.807) is 18.2 Å². The van der Waals surface area contributed by atoms with Crippen molar-refractivity contribution in [3.63, 3.8) is 0 Å². The quantitative estimate of drug-likeness (QED) is 0.565. The number of fused-ring (bicyclic) bond motifs is 1. The lowest BCUT2D eigenvalue weighted by Gasteiger charge is -2.34. The maximum atomic E-state index is 13.6. The lowest BCUT2D eigenvalue weighted by Crippen LogP contribution is -2.34. The van der Waals surface area contributed by atoms with Crippen LogP contribution in [0.25, 0.3) is 10.9 Å². The average molecular weight is 433 g/mol. The number of halogens is 2. The second-order valence-electron chi connectivity index (χ2n) is 7.69. The van der Waals surface area contributed by atoms with Crippen molar-refractivity contribution in [2.75, 3.05) is 18.0 Å². The minimum atomic E-state index is -3.73. The molecule has 1 aliphatic heterocycles. The van der Waals surface area contributed by atoms with Crippen LogP contribution in [0, 0.1) is 11.7 Å². The SMILES string of the molecule is CC1CCN(c2c(S(=O)(=O)Cc3cccc(F)c3)cnc3cc(Cl)ccc23)CC1. The Morgan fingerprint density at radius 3 is 2.66 bits per heavy atom. The second kappa shape index (κ2) is 7.92. The van der Waals surface area contributed by atoms with Gasteiger partial charge in [-0.2, -0.15) is 0 Å². The van der Waals surface area contributed by atoms with Crippen molar-refractivity contribution in [1.82, 2.24) is 4.98 Å². The molecule has 1 aromatic heterocycles. The van der Waals surface area contributed by atoms with E-state index in [0.29, 0.717) is 27.7 Å². The number of hydrogen-bond acceptors (Lipinski definition) is 4. The average Bonchev–Trinajstić information content (AvgIpc) is 2.67. The highest BCUT2D eigenvalue weighted by atomic mass is 35.5. The zero-order valence-electron chi connectivity index (χ0n) is 16.1. The van der Waals surface area contributed by atoms with Crippen LogP contribution in [0.2, 0.25) is 5.02 Å². The van der Waals surface area contributed by atoms with E-state index in [1.807, 2.05) is 6.07 Å². The molecule has 0 spiro atoms. The first kappa shape index (κ1) is 20.1. The van der Waals surface area contributed by atoms with Gasteiger partial charge in [0.05, 0.1) is 17.0 Å². The van der Waals surface area contributed by atoms with Gasteiger partial charge < -0.3 is 4.90 Å². The van der Waals surface area contributed by atoms with E-state index in [9.17, 15) is 12.8 Å². The Kier molecular flexibility index (Phi) is 5.49. The summed E-state index contributed by atoms with van der Waals surface area (Å²) in [4.78, 5) is 6.70. The van der Waals surface area contributed by atoms with Gasteiger partial charge >= 0.3 is 0 Å². The zero-order valence-corrected chi connectivity index (χ0v) is 17.7. The van der Waals surface area contributed by atoms with Crippen molar-refractivity contribution in [2.45, 2.75) is 30.4 Å². The smallest absolute Gasteiger partial charge is 0.186 e. The molecule has 152 valence electrons. The Morgan fingerprint density at radius 1 is 1.17 bits per heavy atom. The van der Waals surface area contributed by atoms with Crippen molar-refractivity contribution in [1.29, 1.82) is 0 Å². The van der Waals surface area contributed by atoms with Gasteiger partial charge in [-0.15, -0.1) is 0 Å². The van der Waals surface area contributed by atoms with Gasteiger partial charge in [-0.05, 0) is 54.7 Å². The van der Waals surface area contributed by atoms with E-state index in [4.69, 9.17) is 11.6 Å². The highest BCUT2D eigenvalue weighted by Crippen LogP contribution is 2.37. The van der Waals surface area contributed by atoms with Crippen LogP contribution >= 0.6 is 11.6 Å². The van der Waals surface area contributed by atoms with E-state index in [2.05, 4.69) is 16.8 Å². The number of rotatable bonds is 4. The van der Waals surface area contributed by atoms with Crippen LogP contribution in [-0.2, 0) is 15.6 Å². The maximum absolute atomic E-state index is 13.6. The number of pyridine rings is 1. The zero-order chi connectivity index (χ0) is 20.6. The fraction of sp³-hybridized carbons (Fsp3) is 0.318. The summed E-state index contributed by atoms with van der Waals surface area (Å²) in [5.41, 5.74) is 1.75. The van der Waals surface area contributed by atoms with Crippen molar-refractivity contribution in [3.8, 4) is 0 Å². The molecule has 4 rings (SSSR count). The molecule has 29 heavy (non-hydrogen) atoms. The number of sulfone groups is 1. The number of anilines is 1. The monoisotopic (exact) mass is 432 g/mol. The summed E-state index contributed by atoms with van der Waals surface area (Å²) >= 11 is 6.12. The minimum Gasteiger partial charge on any atom is -0.370 e. The number of piperidine rings is 1. The lowest BCUT2D eigenvalue weighted by molar-refractivity contribution is 0.437. The topological polar surface area (TPSA) is 50.3 Å². The molecule has 1 fully saturated rings. The molecule has 0 amide bonds. The number of nitrogens with zero attached hydrogens (tertiary/aromatic N) is 2. The molecule has 1 saturated heterocycles. The van der Waals surface area contributed by atoms with Gasteiger partial charge in [-0.1, -0.05) is 30.7 Å². The number of benzene rings is 2. The minimum absolute atomic E-state index is 0.186. The van der Waals surface area contributed by atoms with Gasteiger partial charge in [0.15, 0.2) is 9.84 Å². The third-order valence-electron chi connectivity index (χ3n) is 5.45. The first-order chi connectivity index (χ1) is 13.8. The van der Waals surface area contributed by atoms with E-state index in [-0.39, 0.29) is 10.6 Å². The van der Waals surface area contributed by atoms with Crippen molar-refractivity contribution in [3.05, 3.63) is 65.1 Å². The molecule has 4 nitrogen and oxygen atoms in total. The summed E-state index contributed by atoms with van der Waals surface area (Å²) in [6.45, 7) is 3.78. The van der Waals surface area contributed by atoms with Crippen LogP contribution in [0.1, 0.15) is 25.3 Å². The molecule has 0 bridgehead atoms. The Labute approximate surface area is 175 Å². The van der Waals surface area contributed by atoms with Crippen molar-refractivity contribution >= 4 is 38.0 Å². The predicted octanol–water partition coefficient (Wildman–Crippen LogP) is 5.24. The summed E-state index contributed by atoms with van der Waals surface area (Å²) in [7, 11) is -3.73. The van der Waals surface area contributed by atoms with Crippen LogP contribution in [0.15, 0.2) is 53.6 Å². The standard InChI is InChI=1S/C22H22ClFN2O2S/c1-15-7-9-26(10-8-15)22-19-6-5-17(23)12-20(19)25-13-21(22)29(27,28)14-16-3-2-4-18(24)11-16/h2-6,11-13,15H,7-10,14H2,1H3. The summed E-state index contributed by atoms with van der Waals surface area (Å²) in [5, 5.41) is 1.32. The van der Waals surface area contributed by atoms with Crippen LogP contribution in [0.3, 0.4) is 0 Å². The van der Waals surface area contributed by atoms with Gasteiger partial charge in [0.2, 0.25) is 0 Å². The maximum Gasteiger partial charge on any atom is 0.186 e. The Balaban J connectivity index is 1.84. The van der Waals surface area contributed by atoms with Crippen LogP contribution < -0.4 is 4.90 Å². The second-order valence-corrected chi connectivity index (χ2v) is 10.1. The van der Waals surface area contributed by atoms with Gasteiger partial charge in [-0.25, -0.2) is 12.8 Å². The van der Waals surface area contributed by atoms with E-state index < -0.39 is 15.7 Å². The molecular weight excluding hydrogens is 411 g/mol. The van der Waals surface area contributed by atoms with Gasteiger partial charge in [0.1, 0.15) is 10.7 Å². The van der Waals surface area contributed by atoms with Crippen molar-refractivity contribution in [2.24, 2.45) is 5.92 Å². The van der Waals surface area contributed by atoms with E-state index >= 15 is 0 Å². The fourth-order valence-corrected chi connectivity index (χ4v) is 5.53. The molecule has 7 heteroatoms. The first-order valence-corrected chi connectivity index (χ1v) is 11.7. The molecule has 3 aromatic rings. The molecule has 0 unspecified atom stereocenters. The molecule has 0 aliphatic carbocycles. The Bertz CT molecular complexity index is 1160. The van der Waals surface area contributed by atoms with Gasteiger partial charge in [0.25, 0.3) is 0 Å². The summed E-state index contributed by atoms with van der Waals surface area (Å²) < 4.78 is 40.2. The molecule has 0 saturated carbocycles. The molecule has 0 radical (unpaired) electrons. The summed E-state index contributed by atoms with van der Waals surface area (Å²) in [6.07, 6.45) is 3.42. The third-order valence-corrected chi connectivity index (χ3v) is 7.37.